The molecule has 1 aliphatic rings. The van der Waals surface area contributed by atoms with Gasteiger partial charge in [0.1, 0.15) is 6.29 Å². The summed E-state index contributed by atoms with van der Waals surface area (Å²) in [4.78, 5) is 15.8. The first-order valence-electron chi connectivity index (χ1n) is 5.94. The zero-order chi connectivity index (χ0) is 12.3. The van der Waals surface area contributed by atoms with Crippen LogP contribution in [-0.2, 0) is 4.79 Å². The normalized spacial score (nSPS) is 20.1. The Morgan fingerprint density at radius 2 is 1.76 bits per heavy atom. The topological polar surface area (TPSA) is 49.6 Å². The van der Waals surface area contributed by atoms with Crippen LogP contribution in [0.1, 0.15) is 11.6 Å². The number of carbonyl (C=O) groups excluding carboxylic acids is 1. The third-order valence-corrected chi connectivity index (χ3v) is 3.34. The van der Waals surface area contributed by atoms with E-state index >= 15 is 0 Å². The van der Waals surface area contributed by atoms with Gasteiger partial charge >= 0.3 is 0 Å². The van der Waals surface area contributed by atoms with Crippen molar-refractivity contribution in [3.05, 3.63) is 29.8 Å². The number of carbonyl (C=O) groups is 1. The van der Waals surface area contributed by atoms with Gasteiger partial charge in [-0.15, -0.1) is 0 Å². The lowest BCUT2D eigenvalue weighted by molar-refractivity contribution is -0.113. The van der Waals surface area contributed by atoms with Crippen molar-refractivity contribution in [1.29, 1.82) is 0 Å². The maximum absolute atomic E-state index is 11.3. The van der Waals surface area contributed by atoms with Gasteiger partial charge in [-0.1, -0.05) is 12.1 Å². The summed E-state index contributed by atoms with van der Waals surface area (Å²) in [7, 11) is 2.11. The smallest absolute Gasteiger partial charge is 0.141 e. The predicted molar refractivity (Wildman–Crippen MR) is 68.7 cm³/mol. The maximum Gasteiger partial charge on any atom is 0.141 e. The van der Waals surface area contributed by atoms with E-state index in [0.29, 0.717) is 0 Å². The Morgan fingerprint density at radius 3 is 2.29 bits per heavy atom. The van der Waals surface area contributed by atoms with Gasteiger partial charge in [-0.3, -0.25) is 4.90 Å². The van der Waals surface area contributed by atoms with E-state index < -0.39 is 0 Å². The van der Waals surface area contributed by atoms with Crippen molar-refractivity contribution in [3.63, 3.8) is 0 Å². The third-order valence-electron chi connectivity index (χ3n) is 3.34. The van der Waals surface area contributed by atoms with Gasteiger partial charge in [0, 0.05) is 31.9 Å². The van der Waals surface area contributed by atoms with Gasteiger partial charge < -0.3 is 15.4 Å². The molecule has 1 saturated heterocycles. The lowest BCUT2D eigenvalue weighted by atomic mass is 10.1. The summed E-state index contributed by atoms with van der Waals surface area (Å²) in [6.07, 6.45) is 1.02. The number of hydrogen-bond donors (Lipinski definition) is 1. The standard InChI is InChI=1S/C13H19N3O/c1-15-6-8-16(9-7-15)13(10-17)11-2-4-12(14)5-3-11/h2-5,10,13H,6-9,14H2,1H3. The van der Waals surface area contributed by atoms with Crippen LogP contribution in [0.3, 0.4) is 0 Å². The van der Waals surface area contributed by atoms with Crippen molar-refractivity contribution in [1.82, 2.24) is 9.80 Å². The molecular formula is C13H19N3O. The molecule has 0 radical (unpaired) electrons. The second kappa shape index (κ2) is 5.29. The zero-order valence-corrected chi connectivity index (χ0v) is 10.2. The lowest BCUT2D eigenvalue weighted by Crippen LogP contribution is -2.46. The van der Waals surface area contributed by atoms with E-state index in [9.17, 15) is 4.79 Å². The molecular weight excluding hydrogens is 214 g/mol. The van der Waals surface area contributed by atoms with Crippen LogP contribution in [-0.4, -0.2) is 49.3 Å². The summed E-state index contributed by atoms with van der Waals surface area (Å²) in [6.45, 7) is 3.90. The van der Waals surface area contributed by atoms with Crippen LogP contribution in [0.2, 0.25) is 0 Å². The molecule has 0 aliphatic carbocycles. The largest absolute Gasteiger partial charge is 0.399 e. The van der Waals surface area contributed by atoms with E-state index in [0.717, 1.165) is 43.7 Å². The third kappa shape index (κ3) is 2.84. The van der Waals surface area contributed by atoms with Gasteiger partial charge in [0.25, 0.3) is 0 Å². The van der Waals surface area contributed by atoms with Gasteiger partial charge in [0.05, 0.1) is 6.04 Å². The Morgan fingerprint density at radius 1 is 1.18 bits per heavy atom. The second-order valence-electron chi connectivity index (χ2n) is 4.59. The first kappa shape index (κ1) is 12.1. The summed E-state index contributed by atoms with van der Waals surface area (Å²) in [6, 6.07) is 7.44. The number of rotatable bonds is 3. The Kier molecular flexibility index (Phi) is 3.76. The number of aldehydes is 1. The van der Waals surface area contributed by atoms with Gasteiger partial charge in [-0.25, -0.2) is 0 Å². The summed E-state index contributed by atoms with van der Waals surface area (Å²) in [5, 5.41) is 0. The Balaban J connectivity index is 2.10. The van der Waals surface area contributed by atoms with E-state index in [2.05, 4.69) is 16.8 Å². The molecule has 2 N–H and O–H groups in total. The van der Waals surface area contributed by atoms with Gasteiger partial charge in [0.2, 0.25) is 0 Å². The SMILES string of the molecule is CN1CCN(C(C=O)c2ccc(N)cc2)CC1. The summed E-state index contributed by atoms with van der Waals surface area (Å²) < 4.78 is 0. The van der Waals surface area contributed by atoms with Crippen LogP contribution < -0.4 is 5.73 Å². The molecule has 1 aromatic rings. The van der Waals surface area contributed by atoms with Crippen LogP contribution >= 0.6 is 0 Å². The predicted octanol–water partition coefficient (Wildman–Crippen LogP) is 0.756. The fourth-order valence-corrected chi connectivity index (χ4v) is 2.17. The molecule has 1 atom stereocenters. The number of nitrogen functional groups attached to an aromatic ring is 1. The average Bonchev–Trinajstić information content (AvgIpc) is 2.35. The van der Waals surface area contributed by atoms with Crippen LogP contribution in [0.25, 0.3) is 0 Å². The molecule has 1 aliphatic heterocycles. The maximum atomic E-state index is 11.3. The molecule has 2 rings (SSSR count). The number of hydrogen-bond acceptors (Lipinski definition) is 4. The highest BCUT2D eigenvalue weighted by molar-refractivity contribution is 5.62. The van der Waals surface area contributed by atoms with Crippen LogP contribution in [0.15, 0.2) is 24.3 Å². The molecule has 0 amide bonds. The van der Waals surface area contributed by atoms with E-state index in [4.69, 9.17) is 5.73 Å². The monoisotopic (exact) mass is 233 g/mol. The molecule has 0 saturated carbocycles. The van der Waals surface area contributed by atoms with E-state index in [-0.39, 0.29) is 6.04 Å². The number of piperazine rings is 1. The number of benzene rings is 1. The van der Waals surface area contributed by atoms with Crippen molar-refractivity contribution in [2.75, 3.05) is 39.0 Å². The van der Waals surface area contributed by atoms with Gasteiger partial charge in [-0.2, -0.15) is 0 Å². The minimum Gasteiger partial charge on any atom is -0.399 e. The Labute approximate surface area is 102 Å². The molecule has 0 bridgehead atoms. The zero-order valence-electron chi connectivity index (χ0n) is 10.2. The molecule has 0 spiro atoms. The van der Waals surface area contributed by atoms with E-state index in [1.807, 2.05) is 24.3 Å². The minimum atomic E-state index is -0.135. The molecule has 4 heteroatoms. The highest BCUT2D eigenvalue weighted by atomic mass is 16.1. The number of anilines is 1. The van der Waals surface area contributed by atoms with Crippen molar-refractivity contribution < 1.29 is 4.79 Å². The molecule has 17 heavy (non-hydrogen) atoms. The van der Waals surface area contributed by atoms with Gasteiger partial charge in [-0.05, 0) is 24.7 Å². The molecule has 92 valence electrons. The number of likely N-dealkylation sites (N-methyl/N-ethyl adjacent to an activating group) is 1. The second-order valence-corrected chi connectivity index (χ2v) is 4.59. The lowest BCUT2D eigenvalue weighted by Gasteiger charge is -2.35. The first-order valence-corrected chi connectivity index (χ1v) is 5.94. The van der Waals surface area contributed by atoms with Crippen LogP contribution in [0, 0.1) is 0 Å². The fraction of sp³-hybridized carbons (Fsp3) is 0.462. The highest BCUT2D eigenvalue weighted by Crippen LogP contribution is 2.20. The van der Waals surface area contributed by atoms with Gasteiger partial charge in [0.15, 0.2) is 0 Å². The van der Waals surface area contributed by atoms with Crippen molar-refractivity contribution in [3.8, 4) is 0 Å². The molecule has 1 unspecified atom stereocenters. The molecule has 1 aromatic carbocycles. The number of nitrogens with two attached hydrogens (primary N) is 1. The summed E-state index contributed by atoms with van der Waals surface area (Å²) in [5.41, 5.74) is 7.42. The first-order chi connectivity index (χ1) is 8.20. The molecule has 4 nitrogen and oxygen atoms in total. The highest BCUT2D eigenvalue weighted by Gasteiger charge is 2.23. The minimum absolute atomic E-state index is 0.135. The van der Waals surface area contributed by atoms with Crippen molar-refractivity contribution in [2.24, 2.45) is 0 Å². The Bertz CT molecular complexity index is 369. The Hall–Kier alpha value is -1.39. The molecule has 0 aromatic heterocycles. The summed E-state index contributed by atoms with van der Waals surface area (Å²) in [5.74, 6) is 0. The van der Waals surface area contributed by atoms with Crippen molar-refractivity contribution in [2.45, 2.75) is 6.04 Å². The molecule has 1 heterocycles. The van der Waals surface area contributed by atoms with Crippen LogP contribution in [0.4, 0.5) is 5.69 Å². The molecule has 1 fully saturated rings. The average molecular weight is 233 g/mol. The quantitative estimate of drug-likeness (QED) is 0.618. The van der Waals surface area contributed by atoms with E-state index in [1.54, 1.807) is 0 Å². The summed E-state index contributed by atoms with van der Waals surface area (Å²) >= 11 is 0. The van der Waals surface area contributed by atoms with Crippen LogP contribution in [0.5, 0.6) is 0 Å². The number of nitrogens with zero attached hydrogens (tertiary/aromatic N) is 2. The fourth-order valence-electron chi connectivity index (χ4n) is 2.17. The van der Waals surface area contributed by atoms with E-state index in [1.165, 1.54) is 0 Å². The van der Waals surface area contributed by atoms with Crippen molar-refractivity contribution >= 4 is 12.0 Å².